The number of anilines is 1. The molecular weight excluding hydrogens is 416 g/mol. The van der Waals surface area contributed by atoms with Crippen molar-refractivity contribution < 1.29 is 13.2 Å². The number of hydrogen-bond donors (Lipinski definition) is 2. The molecule has 0 atom stereocenters. The Kier molecular flexibility index (Phi) is 5.92. The van der Waals surface area contributed by atoms with Gasteiger partial charge < -0.3 is 5.32 Å². The Morgan fingerprint density at radius 3 is 2.33 bits per heavy atom. The summed E-state index contributed by atoms with van der Waals surface area (Å²) in [7, 11) is -3.57. The zero-order valence-corrected chi connectivity index (χ0v) is 18.1. The Balaban J connectivity index is 1.33. The molecule has 0 unspecified atom stereocenters. The average molecular weight is 441 g/mol. The SMILES string of the molecule is O=C(NCCCc1ccccc1)C1(c2ccc(NS(=O)(=O)c3cccs3)cc2)CC1. The van der Waals surface area contributed by atoms with Crippen LogP contribution in [0.25, 0.3) is 0 Å². The van der Waals surface area contributed by atoms with Crippen molar-refractivity contribution >= 4 is 33.0 Å². The van der Waals surface area contributed by atoms with Crippen molar-refractivity contribution in [2.24, 2.45) is 0 Å². The number of rotatable bonds is 9. The fraction of sp³-hybridized carbons (Fsp3) is 0.261. The molecule has 1 saturated carbocycles. The number of carbonyl (C=O) groups is 1. The smallest absolute Gasteiger partial charge is 0.271 e. The van der Waals surface area contributed by atoms with E-state index in [1.165, 1.54) is 16.9 Å². The van der Waals surface area contributed by atoms with Crippen LogP contribution in [0.4, 0.5) is 5.69 Å². The fourth-order valence-electron chi connectivity index (χ4n) is 3.56. The second kappa shape index (κ2) is 8.62. The van der Waals surface area contributed by atoms with Gasteiger partial charge in [-0.05, 0) is 60.4 Å². The molecular formula is C23H24N2O3S2. The highest BCUT2D eigenvalue weighted by molar-refractivity contribution is 7.94. The van der Waals surface area contributed by atoms with Gasteiger partial charge in [-0.1, -0.05) is 48.5 Å². The first-order valence-corrected chi connectivity index (χ1v) is 12.3. The molecule has 0 aliphatic heterocycles. The van der Waals surface area contributed by atoms with Gasteiger partial charge in [-0.25, -0.2) is 8.42 Å². The summed E-state index contributed by atoms with van der Waals surface area (Å²) in [5.74, 6) is 0.0578. The fourth-order valence-corrected chi connectivity index (χ4v) is 5.61. The van der Waals surface area contributed by atoms with Crippen molar-refractivity contribution in [3.63, 3.8) is 0 Å². The summed E-state index contributed by atoms with van der Waals surface area (Å²) in [4.78, 5) is 12.8. The monoisotopic (exact) mass is 440 g/mol. The van der Waals surface area contributed by atoms with E-state index in [9.17, 15) is 13.2 Å². The predicted octanol–water partition coefficient (Wildman–Crippen LogP) is 4.33. The number of sulfonamides is 1. The first-order chi connectivity index (χ1) is 14.5. The van der Waals surface area contributed by atoms with Crippen molar-refractivity contribution in [1.82, 2.24) is 5.32 Å². The third-order valence-electron chi connectivity index (χ3n) is 5.40. The number of thiophene rings is 1. The maximum atomic E-state index is 12.8. The third-order valence-corrected chi connectivity index (χ3v) is 8.18. The highest BCUT2D eigenvalue weighted by Gasteiger charge is 2.50. The number of benzene rings is 2. The maximum absolute atomic E-state index is 12.8. The maximum Gasteiger partial charge on any atom is 0.271 e. The summed E-state index contributed by atoms with van der Waals surface area (Å²) in [6.45, 7) is 0.647. The van der Waals surface area contributed by atoms with Gasteiger partial charge in [0.25, 0.3) is 10.0 Å². The first kappa shape index (κ1) is 20.6. The average Bonchev–Trinajstić information content (AvgIpc) is 3.36. The number of nitrogens with one attached hydrogen (secondary N) is 2. The minimum absolute atomic E-state index is 0.0578. The molecule has 7 heteroatoms. The first-order valence-electron chi connectivity index (χ1n) is 9.99. The van der Waals surface area contributed by atoms with Crippen LogP contribution in [0, 0.1) is 0 Å². The Morgan fingerprint density at radius 2 is 1.70 bits per heavy atom. The van der Waals surface area contributed by atoms with Gasteiger partial charge in [0, 0.05) is 12.2 Å². The summed E-state index contributed by atoms with van der Waals surface area (Å²) in [5, 5.41) is 4.81. The van der Waals surface area contributed by atoms with Crippen molar-refractivity contribution in [2.75, 3.05) is 11.3 Å². The molecule has 5 nitrogen and oxygen atoms in total. The van der Waals surface area contributed by atoms with Crippen molar-refractivity contribution in [1.29, 1.82) is 0 Å². The van der Waals surface area contributed by atoms with Crippen LogP contribution in [0.3, 0.4) is 0 Å². The van der Waals surface area contributed by atoms with Crippen LogP contribution in [0.15, 0.2) is 76.3 Å². The van der Waals surface area contributed by atoms with Crippen LogP contribution >= 0.6 is 11.3 Å². The van der Waals surface area contributed by atoms with Gasteiger partial charge in [-0.3, -0.25) is 9.52 Å². The Hall–Kier alpha value is -2.64. The van der Waals surface area contributed by atoms with E-state index < -0.39 is 15.4 Å². The lowest BCUT2D eigenvalue weighted by Crippen LogP contribution is -2.35. The lowest BCUT2D eigenvalue weighted by Gasteiger charge is -2.16. The lowest BCUT2D eigenvalue weighted by molar-refractivity contribution is -0.123. The topological polar surface area (TPSA) is 75.3 Å². The van der Waals surface area contributed by atoms with Crippen LogP contribution in [0.5, 0.6) is 0 Å². The second-order valence-electron chi connectivity index (χ2n) is 7.54. The summed E-state index contributed by atoms with van der Waals surface area (Å²) >= 11 is 1.17. The third kappa shape index (κ3) is 4.57. The highest BCUT2D eigenvalue weighted by atomic mass is 32.2. The van der Waals surface area contributed by atoms with Gasteiger partial charge >= 0.3 is 0 Å². The lowest BCUT2D eigenvalue weighted by atomic mass is 9.94. The van der Waals surface area contributed by atoms with Crippen LogP contribution in [-0.4, -0.2) is 20.9 Å². The van der Waals surface area contributed by atoms with E-state index >= 15 is 0 Å². The molecule has 4 rings (SSSR count). The van der Waals surface area contributed by atoms with E-state index in [1.807, 2.05) is 30.3 Å². The van der Waals surface area contributed by atoms with Crippen molar-refractivity contribution in [2.45, 2.75) is 35.3 Å². The molecule has 0 saturated heterocycles. The van der Waals surface area contributed by atoms with E-state index in [-0.39, 0.29) is 10.1 Å². The van der Waals surface area contributed by atoms with Crippen LogP contribution in [-0.2, 0) is 26.7 Å². The molecule has 1 aromatic heterocycles. The highest BCUT2D eigenvalue weighted by Crippen LogP contribution is 2.48. The summed E-state index contributed by atoms with van der Waals surface area (Å²) in [5.41, 5.74) is 2.22. The molecule has 1 fully saturated rings. The zero-order valence-electron chi connectivity index (χ0n) is 16.5. The van der Waals surface area contributed by atoms with Crippen LogP contribution < -0.4 is 10.0 Å². The molecule has 0 spiro atoms. The molecule has 1 heterocycles. The number of aryl methyl sites for hydroxylation is 1. The van der Waals surface area contributed by atoms with E-state index in [2.05, 4.69) is 22.2 Å². The minimum Gasteiger partial charge on any atom is -0.355 e. The van der Waals surface area contributed by atoms with Crippen LogP contribution in [0.2, 0.25) is 0 Å². The standard InChI is InChI=1S/C23H24N2O3S2/c26-22(24-16-4-8-18-6-2-1-3-7-18)23(14-15-23)19-10-12-20(13-11-19)25-30(27,28)21-9-5-17-29-21/h1-3,5-7,9-13,17,25H,4,8,14-16H2,(H,24,26). The summed E-state index contributed by atoms with van der Waals surface area (Å²) in [6, 6.07) is 20.7. The molecule has 156 valence electrons. The molecule has 1 aliphatic carbocycles. The van der Waals surface area contributed by atoms with Gasteiger partial charge in [-0.2, -0.15) is 0 Å². The quantitative estimate of drug-likeness (QED) is 0.486. The van der Waals surface area contributed by atoms with E-state index in [4.69, 9.17) is 0 Å². The predicted molar refractivity (Wildman–Crippen MR) is 120 cm³/mol. The van der Waals surface area contributed by atoms with E-state index in [0.29, 0.717) is 12.2 Å². The van der Waals surface area contributed by atoms with Gasteiger partial charge in [0.1, 0.15) is 4.21 Å². The van der Waals surface area contributed by atoms with Gasteiger partial charge in [-0.15, -0.1) is 11.3 Å². The van der Waals surface area contributed by atoms with Gasteiger partial charge in [0.15, 0.2) is 0 Å². The zero-order chi connectivity index (χ0) is 21.0. The van der Waals surface area contributed by atoms with Crippen molar-refractivity contribution in [3.8, 4) is 0 Å². The molecule has 1 amide bonds. The molecule has 0 bridgehead atoms. The number of amides is 1. The molecule has 1 aliphatic rings. The molecule has 0 radical (unpaired) electrons. The molecule has 2 aromatic carbocycles. The molecule has 2 N–H and O–H groups in total. The van der Waals surface area contributed by atoms with Crippen LogP contribution in [0.1, 0.15) is 30.4 Å². The normalized spacial score (nSPS) is 14.8. The van der Waals surface area contributed by atoms with Gasteiger partial charge in [0.05, 0.1) is 5.41 Å². The molecule has 30 heavy (non-hydrogen) atoms. The Bertz CT molecular complexity index is 1090. The Labute approximate surface area is 181 Å². The number of carbonyl (C=O) groups excluding carboxylic acids is 1. The van der Waals surface area contributed by atoms with E-state index in [1.54, 1.807) is 29.6 Å². The van der Waals surface area contributed by atoms with Crippen molar-refractivity contribution in [3.05, 3.63) is 83.2 Å². The summed E-state index contributed by atoms with van der Waals surface area (Å²) < 4.78 is 27.6. The van der Waals surface area contributed by atoms with E-state index in [0.717, 1.165) is 31.2 Å². The Morgan fingerprint density at radius 1 is 0.967 bits per heavy atom. The molecule has 3 aromatic rings. The largest absolute Gasteiger partial charge is 0.355 e. The second-order valence-corrected chi connectivity index (χ2v) is 10.4. The van der Waals surface area contributed by atoms with Gasteiger partial charge in [0.2, 0.25) is 5.91 Å². The number of hydrogen-bond acceptors (Lipinski definition) is 4. The summed E-state index contributed by atoms with van der Waals surface area (Å²) in [6.07, 6.45) is 3.47. The minimum atomic E-state index is -3.57.